The van der Waals surface area contributed by atoms with Crippen LogP contribution in [-0.4, -0.2) is 54.9 Å². The molecule has 6 aromatic rings. The van der Waals surface area contributed by atoms with Crippen molar-refractivity contribution in [2.45, 2.75) is 76.4 Å². The van der Waals surface area contributed by atoms with Crippen molar-refractivity contribution in [3.05, 3.63) is 99.7 Å². The molecule has 2 N–H and O–H groups in total. The molecule has 2 aliphatic rings. The number of fused-ring (bicyclic) bond motifs is 4. The topological polar surface area (TPSA) is 142 Å². The number of rotatable bonds is 12. The summed E-state index contributed by atoms with van der Waals surface area (Å²) in [4.78, 5) is 19.2. The van der Waals surface area contributed by atoms with Crippen LogP contribution in [0.3, 0.4) is 0 Å². The second-order valence-corrected chi connectivity index (χ2v) is 17.9. The Bertz CT molecular complexity index is 2800. The number of anilines is 1. The van der Waals surface area contributed by atoms with Gasteiger partial charge in [0.2, 0.25) is 15.9 Å². The zero-order valence-corrected chi connectivity index (χ0v) is 34.3. The zero-order valence-electron chi connectivity index (χ0n) is 32.7. The predicted molar refractivity (Wildman–Crippen MR) is 211 cm³/mol. The standard InChI is InChI=1S/C40H38ClF6N9O3S/c1-19(2)55-17-21(16-48-55)29-11-8-24(25-7-10-28(41)33-35(25)54(4)52-38(33)53-60(5,58)59)34(50-29)30(14-20-12-22(42)15-23(43)13-20)49-31(57)18-56-37-32(36(51-56)39(3,44)45)26-6-9-27(26)40(37,46)47/h7-8,10-13,15-17,19,26-27,30H,6,9,14,18H2,1-5H3,(H,49,57)(H,52,53). The van der Waals surface area contributed by atoms with Crippen LogP contribution in [0.1, 0.15) is 79.8 Å². The van der Waals surface area contributed by atoms with Crippen LogP contribution in [-0.2, 0) is 46.7 Å². The van der Waals surface area contributed by atoms with Crippen LogP contribution in [0.25, 0.3) is 33.3 Å². The molecular formula is C40H38ClF6N9O3S. The molecule has 4 aromatic heterocycles. The number of benzene rings is 2. The van der Waals surface area contributed by atoms with E-state index < -0.39 is 75.2 Å². The number of halogens is 7. The molecule has 0 aliphatic heterocycles. The molecule has 12 nitrogen and oxygen atoms in total. The molecule has 0 spiro atoms. The van der Waals surface area contributed by atoms with E-state index in [4.69, 9.17) is 16.6 Å². The zero-order chi connectivity index (χ0) is 43.2. The highest BCUT2D eigenvalue weighted by atomic mass is 35.5. The van der Waals surface area contributed by atoms with Gasteiger partial charge in [-0.25, -0.2) is 22.2 Å². The summed E-state index contributed by atoms with van der Waals surface area (Å²) in [6.07, 6.45) is 4.40. The van der Waals surface area contributed by atoms with Crippen molar-refractivity contribution < 1.29 is 39.6 Å². The van der Waals surface area contributed by atoms with E-state index in [2.05, 4.69) is 25.3 Å². The molecular weight excluding hydrogens is 836 g/mol. The lowest BCUT2D eigenvalue weighted by Crippen LogP contribution is -2.36. The van der Waals surface area contributed by atoms with Crippen LogP contribution in [0.15, 0.2) is 54.9 Å². The summed E-state index contributed by atoms with van der Waals surface area (Å²) < 4.78 is 122. The molecule has 60 heavy (non-hydrogen) atoms. The quantitative estimate of drug-likeness (QED) is 0.118. The minimum atomic E-state index is -3.82. The lowest BCUT2D eigenvalue weighted by Gasteiger charge is -2.34. The van der Waals surface area contributed by atoms with Crippen molar-refractivity contribution in [2.24, 2.45) is 13.0 Å². The number of pyridine rings is 1. The van der Waals surface area contributed by atoms with Crippen LogP contribution in [0.2, 0.25) is 5.02 Å². The number of alkyl halides is 4. The molecule has 2 aliphatic carbocycles. The van der Waals surface area contributed by atoms with Gasteiger partial charge >= 0.3 is 0 Å². The number of aromatic nitrogens is 7. The minimum Gasteiger partial charge on any atom is -0.346 e. The molecule has 0 saturated heterocycles. The largest absolute Gasteiger partial charge is 0.346 e. The number of carbonyl (C=O) groups excluding carboxylic acids is 1. The van der Waals surface area contributed by atoms with Crippen molar-refractivity contribution in [2.75, 3.05) is 11.0 Å². The summed E-state index contributed by atoms with van der Waals surface area (Å²) in [7, 11) is -2.26. The maximum atomic E-state index is 15.8. The first-order valence-corrected chi connectivity index (χ1v) is 21.2. The van der Waals surface area contributed by atoms with Crippen molar-refractivity contribution >= 4 is 44.3 Å². The number of hydrogen-bond donors (Lipinski definition) is 2. The van der Waals surface area contributed by atoms with E-state index in [1.165, 1.54) is 10.7 Å². The number of nitrogens with one attached hydrogen (secondary N) is 2. The van der Waals surface area contributed by atoms with E-state index >= 15 is 8.78 Å². The number of nitrogens with zero attached hydrogens (tertiary/aromatic N) is 7. The highest BCUT2D eigenvalue weighted by molar-refractivity contribution is 7.92. The summed E-state index contributed by atoms with van der Waals surface area (Å²) in [5, 5.41) is 15.9. The van der Waals surface area contributed by atoms with Gasteiger partial charge in [-0.15, -0.1) is 0 Å². The van der Waals surface area contributed by atoms with Gasteiger partial charge in [-0.05, 0) is 68.9 Å². The molecule has 8 rings (SSSR count). The Morgan fingerprint density at radius 2 is 1.75 bits per heavy atom. The number of amides is 1. The molecule has 1 amide bonds. The SMILES string of the molecule is CC(C)n1cc(-c2ccc(-c3ccc(Cl)c4c(NS(C)(=O)=O)nn(C)c34)c(C(Cc3cc(F)cc(F)c3)NC(=O)Cn3nc(C(C)(F)F)c4c3C(F)(F)C3CCC43)n2)cn1. The monoisotopic (exact) mass is 873 g/mol. The van der Waals surface area contributed by atoms with Gasteiger partial charge in [0.25, 0.3) is 11.8 Å². The summed E-state index contributed by atoms with van der Waals surface area (Å²) in [6.45, 7) is 3.52. The van der Waals surface area contributed by atoms with Crippen molar-refractivity contribution in [1.29, 1.82) is 0 Å². The molecule has 2 aromatic carbocycles. The Kier molecular flexibility index (Phi) is 10.1. The second kappa shape index (κ2) is 14.6. The predicted octanol–water partition coefficient (Wildman–Crippen LogP) is 8.39. The van der Waals surface area contributed by atoms with Crippen LogP contribution >= 0.6 is 11.6 Å². The van der Waals surface area contributed by atoms with E-state index in [9.17, 15) is 30.8 Å². The summed E-state index contributed by atoms with van der Waals surface area (Å²) in [5.74, 6) is -11.9. The number of aryl methyl sites for hydroxylation is 1. The van der Waals surface area contributed by atoms with E-state index in [0.29, 0.717) is 45.6 Å². The summed E-state index contributed by atoms with van der Waals surface area (Å²) in [6, 6.07) is 8.03. The highest BCUT2D eigenvalue weighted by Crippen LogP contribution is 2.63. The number of carbonyl (C=O) groups is 1. The fraction of sp³-hybridized carbons (Fsp3) is 0.375. The van der Waals surface area contributed by atoms with Gasteiger partial charge in [0.1, 0.15) is 29.6 Å². The maximum absolute atomic E-state index is 15.8. The van der Waals surface area contributed by atoms with Crippen LogP contribution < -0.4 is 10.0 Å². The highest BCUT2D eigenvalue weighted by Gasteiger charge is 2.63. The fourth-order valence-corrected chi connectivity index (χ4v) is 9.09. The average Bonchev–Trinajstić information content (AvgIpc) is 3.86. The number of hydrogen-bond acceptors (Lipinski definition) is 7. The molecule has 1 saturated carbocycles. The van der Waals surface area contributed by atoms with Gasteiger partial charge in [0.05, 0.1) is 45.8 Å². The van der Waals surface area contributed by atoms with Crippen molar-refractivity contribution in [3.8, 4) is 22.4 Å². The molecule has 1 fully saturated rings. The van der Waals surface area contributed by atoms with E-state index in [1.807, 2.05) is 13.8 Å². The van der Waals surface area contributed by atoms with Gasteiger partial charge in [-0.3, -0.25) is 23.6 Å². The van der Waals surface area contributed by atoms with Crippen LogP contribution in [0, 0.1) is 17.6 Å². The molecule has 3 unspecified atom stereocenters. The van der Waals surface area contributed by atoms with Crippen molar-refractivity contribution in [3.63, 3.8) is 0 Å². The Labute approximate surface area is 345 Å². The molecule has 0 bridgehead atoms. The Balaban J connectivity index is 1.30. The third-order valence-electron chi connectivity index (χ3n) is 11.0. The molecule has 0 radical (unpaired) electrons. The molecule has 20 heteroatoms. The lowest BCUT2D eigenvalue weighted by atomic mass is 9.72. The maximum Gasteiger partial charge on any atom is 0.293 e. The second-order valence-electron chi connectivity index (χ2n) is 15.8. The van der Waals surface area contributed by atoms with Crippen LogP contribution in [0.4, 0.5) is 32.2 Å². The first kappa shape index (κ1) is 41.3. The molecule has 4 heterocycles. The third-order valence-corrected chi connectivity index (χ3v) is 11.9. The van der Waals surface area contributed by atoms with Gasteiger partial charge in [0.15, 0.2) is 5.82 Å². The lowest BCUT2D eigenvalue weighted by molar-refractivity contribution is -0.123. The Morgan fingerprint density at radius 1 is 1.05 bits per heavy atom. The summed E-state index contributed by atoms with van der Waals surface area (Å²) in [5.41, 5.74) is 0.446. The van der Waals surface area contributed by atoms with Gasteiger partial charge in [-0.2, -0.15) is 32.9 Å². The Hall–Kier alpha value is -5.43. The Morgan fingerprint density at radius 3 is 2.37 bits per heavy atom. The molecule has 316 valence electrons. The van der Waals surface area contributed by atoms with Gasteiger partial charge < -0.3 is 5.32 Å². The average molecular weight is 874 g/mol. The van der Waals surface area contributed by atoms with Gasteiger partial charge in [-0.1, -0.05) is 23.7 Å². The first-order chi connectivity index (χ1) is 28.1. The number of sulfonamides is 1. The summed E-state index contributed by atoms with van der Waals surface area (Å²) >= 11 is 6.64. The van der Waals surface area contributed by atoms with E-state index in [0.717, 1.165) is 18.4 Å². The van der Waals surface area contributed by atoms with Crippen molar-refractivity contribution in [1.82, 2.24) is 39.6 Å². The third kappa shape index (κ3) is 7.39. The molecule has 3 atom stereocenters. The van der Waals surface area contributed by atoms with Gasteiger partial charge in [0, 0.05) is 60.4 Å². The van der Waals surface area contributed by atoms with E-state index in [-0.39, 0.29) is 58.4 Å². The van der Waals surface area contributed by atoms with Crippen LogP contribution in [0.5, 0.6) is 0 Å². The van der Waals surface area contributed by atoms with E-state index in [1.54, 1.807) is 42.3 Å². The first-order valence-electron chi connectivity index (χ1n) is 18.9. The normalized spacial score (nSPS) is 17.8. The fourth-order valence-electron chi connectivity index (χ4n) is 8.35. The minimum absolute atomic E-state index is 0.0196. The smallest absolute Gasteiger partial charge is 0.293 e.